The molecule has 0 aliphatic heterocycles. The second kappa shape index (κ2) is 7.15. The number of benzene rings is 1. The maximum atomic E-state index is 12.2. The molecule has 0 fully saturated rings. The van der Waals surface area contributed by atoms with Gasteiger partial charge in [0, 0.05) is 19.4 Å². The van der Waals surface area contributed by atoms with E-state index in [0.717, 1.165) is 9.87 Å². The molecule has 0 unspecified atom stereocenters. The van der Waals surface area contributed by atoms with Crippen LogP contribution in [0.15, 0.2) is 59.8 Å². The van der Waals surface area contributed by atoms with Crippen molar-refractivity contribution in [2.45, 2.75) is 11.5 Å². The lowest BCUT2D eigenvalue weighted by atomic mass is 10.2. The van der Waals surface area contributed by atoms with Gasteiger partial charge in [-0.15, -0.1) is 0 Å². The van der Waals surface area contributed by atoms with Crippen LogP contribution < -0.4 is 0 Å². The van der Waals surface area contributed by atoms with E-state index in [2.05, 4.69) is 4.98 Å². The molecule has 0 N–H and O–H groups in total. The molecule has 22 heavy (non-hydrogen) atoms. The van der Waals surface area contributed by atoms with Crippen LogP contribution in [0.4, 0.5) is 0 Å². The number of likely N-dealkylation sites (N-methyl/N-ethyl adjacent to an activating group) is 1. The standard InChI is InChI=1S/C15H16N2O4S/c1-17(22(19,20)14-8-5-9-16-10-14)11-15(18)21-12-13-6-3-2-4-7-13/h2-10H,11-12H2,1H3. The Hall–Kier alpha value is -2.25. The number of ether oxygens (including phenoxy) is 1. The van der Waals surface area contributed by atoms with Crippen molar-refractivity contribution in [2.24, 2.45) is 0 Å². The third kappa shape index (κ3) is 4.12. The van der Waals surface area contributed by atoms with Gasteiger partial charge in [0.25, 0.3) is 0 Å². The molecule has 1 aromatic carbocycles. The Morgan fingerprint density at radius 2 is 1.91 bits per heavy atom. The van der Waals surface area contributed by atoms with Crippen molar-refractivity contribution in [3.8, 4) is 0 Å². The van der Waals surface area contributed by atoms with E-state index in [0.29, 0.717) is 0 Å². The Bertz CT molecular complexity index is 718. The summed E-state index contributed by atoms with van der Waals surface area (Å²) in [4.78, 5) is 15.6. The first kappa shape index (κ1) is 16.1. The van der Waals surface area contributed by atoms with Crippen molar-refractivity contribution in [2.75, 3.05) is 13.6 Å². The zero-order chi connectivity index (χ0) is 16.0. The summed E-state index contributed by atoms with van der Waals surface area (Å²) in [6.45, 7) is -0.246. The van der Waals surface area contributed by atoms with E-state index in [1.54, 1.807) is 0 Å². The van der Waals surface area contributed by atoms with E-state index < -0.39 is 16.0 Å². The minimum atomic E-state index is -3.75. The molecule has 7 heteroatoms. The number of hydrogen-bond acceptors (Lipinski definition) is 5. The fraction of sp³-hybridized carbons (Fsp3) is 0.200. The third-order valence-corrected chi connectivity index (χ3v) is 4.72. The highest BCUT2D eigenvalue weighted by Gasteiger charge is 2.23. The highest BCUT2D eigenvalue weighted by molar-refractivity contribution is 7.89. The highest BCUT2D eigenvalue weighted by Crippen LogP contribution is 2.12. The fourth-order valence-electron chi connectivity index (χ4n) is 1.73. The predicted octanol–water partition coefficient (Wildman–Crippen LogP) is 1.45. The SMILES string of the molecule is CN(CC(=O)OCc1ccccc1)S(=O)(=O)c1cccnc1. The smallest absolute Gasteiger partial charge is 0.321 e. The molecule has 0 spiro atoms. The van der Waals surface area contributed by atoms with Crippen LogP contribution in [0, 0.1) is 0 Å². The van der Waals surface area contributed by atoms with E-state index in [9.17, 15) is 13.2 Å². The maximum absolute atomic E-state index is 12.2. The fourth-order valence-corrected chi connectivity index (χ4v) is 2.81. The second-order valence-corrected chi connectivity index (χ2v) is 6.64. The van der Waals surface area contributed by atoms with Gasteiger partial charge in [0.15, 0.2) is 0 Å². The first-order valence-corrected chi connectivity index (χ1v) is 8.00. The van der Waals surface area contributed by atoms with Crippen molar-refractivity contribution in [1.29, 1.82) is 0 Å². The van der Waals surface area contributed by atoms with Crippen molar-refractivity contribution in [3.05, 3.63) is 60.4 Å². The average molecular weight is 320 g/mol. The van der Waals surface area contributed by atoms with Crippen molar-refractivity contribution < 1.29 is 17.9 Å². The Kier molecular flexibility index (Phi) is 5.24. The summed E-state index contributed by atoms with van der Waals surface area (Å²) in [5.41, 5.74) is 0.841. The van der Waals surface area contributed by atoms with Gasteiger partial charge in [0.1, 0.15) is 18.0 Å². The third-order valence-electron chi connectivity index (χ3n) is 2.94. The number of sulfonamides is 1. The lowest BCUT2D eigenvalue weighted by molar-refractivity contribution is -0.144. The molecule has 0 atom stereocenters. The molecule has 0 radical (unpaired) electrons. The van der Waals surface area contributed by atoms with Crippen LogP contribution in [0.3, 0.4) is 0 Å². The molecule has 0 bridgehead atoms. The highest BCUT2D eigenvalue weighted by atomic mass is 32.2. The van der Waals surface area contributed by atoms with E-state index in [1.165, 1.54) is 31.6 Å². The lowest BCUT2D eigenvalue weighted by Crippen LogP contribution is -2.33. The average Bonchev–Trinajstić information content (AvgIpc) is 2.54. The number of carbonyl (C=O) groups excluding carboxylic acids is 1. The molecule has 116 valence electrons. The molecule has 0 saturated heterocycles. The summed E-state index contributed by atoms with van der Waals surface area (Å²) in [5, 5.41) is 0. The quantitative estimate of drug-likeness (QED) is 0.753. The monoisotopic (exact) mass is 320 g/mol. The van der Waals surface area contributed by atoms with Crippen LogP contribution in [-0.4, -0.2) is 37.3 Å². The number of rotatable bonds is 6. The van der Waals surface area contributed by atoms with Crippen LogP contribution in [0.2, 0.25) is 0 Å². The van der Waals surface area contributed by atoms with Crippen molar-refractivity contribution >= 4 is 16.0 Å². The number of pyridine rings is 1. The van der Waals surface area contributed by atoms with Gasteiger partial charge < -0.3 is 4.74 Å². The number of esters is 1. The molecular weight excluding hydrogens is 304 g/mol. The van der Waals surface area contributed by atoms with Crippen LogP contribution in [0.1, 0.15) is 5.56 Å². The van der Waals surface area contributed by atoms with E-state index in [-0.39, 0.29) is 18.0 Å². The molecule has 1 aromatic heterocycles. The molecule has 0 aliphatic carbocycles. The van der Waals surface area contributed by atoms with Gasteiger partial charge in [-0.1, -0.05) is 30.3 Å². The zero-order valence-corrected chi connectivity index (χ0v) is 12.9. The van der Waals surface area contributed by atoms with Gasteiger partial charge in [-0.3, -0.25) is 9.78 Å². The predicted molar refractivity (Wildman–Crippen MR) is 80.3 cm³/mol. The first-order valence-electron chi connectivity index (χ1n) is 6.56. The van der Waals surface area contributed by atoms with Crippen LogP contribution in [-0.2, 0) is 26.2 Å². The van der Waals surface area contributed by atoms with Gasteiger partial charge in [-0.25, -0.2) is 8.42 Å². The van der Waals surface area contributed by atoms with Gasteiger partial charge in [-0.05, 0) is 17.7 Å². The minimum absolute atomic E-state index is 0.0355. The van der Waals surface area contributed by atoms with Gasteiger partial charge >= 0.3 is 5.97 Å². The Morgan fingerprint density at radius 1 is 1.18 bits per heavy atom. The Labute approximate surface area is 129 Å². The van der Waals surface area contributed by atoms with E-state index >= 15 is 0 Å². The first-order chi connectivity index (χ1) is 10.5. The van der Waals surface area contributed by atoms with Crippen LogP contribution in [0.5, 0.6) is 0 Å². The maximum Gasteiger partial charge on any atom is 0.321 e. The molecule has 1 heterocycles. The Morgan fingerprint density at radius 3 is 2.55 bits per heavy atom. The Balaban J connectivity index is 1.94. The zero-order valence-electron chi connectivity index (χ0n) is 12.0. The van der Waals surface area contributed by atoms with Gasteiger partial charge in [0.05, 0.1) is 0 Å². The van der Waals surface area contributed by atoms with Gasteiger partial charge in [-0.2, -0.15) is 4.31 Å². The number of nitrogens with zero attached hydrogens (tertiary/aromatic N) is 2. The molecular formula is C15H16N2O4S. The second-order valence-electron chi connectivity index (χ2n) is 4.60. The van der Waals surface area contributed by atoms with Crippen molar-refractivity contribution in [1.82, 2.24) is 9.29 Å². The largest absolute Gasteiger partial charge is 0.460 e. The van der Waals surface area contributed by atoms with Crippen LogP contribution in [0.25, 0.3) is 0 Å². The number of carbonyl (C=O) groups is 1. The van der Waals surface area contributed by atoms with E-state index in [1.807, 2.05) is 30.3 Å². The van der Waals surface area contributed by atoms with Crippen molar-refractivity contribution in [3.63, 3.8) is 0 Å². The molecule has 2 rings (SSSR count). The topological polar surface area (TPSA) is 76.6 Å². The summed E-state index contributed by atoms with van der Waals surface area (Å²) in [7, 11) is -2.42. The normalized spacial score (nSPS) is 11.4. The van der Waals surface area contributed by atoms with E-state index in [4.69, 9.17) is 4.74 Å². The molecule has 2 aromatic rings. The van der Waals surface area contributed by atoms with Crippen LogP contribution >= 0.6 is 0 Å². The number of hydrogen-bond donors (Lipinski definition) is 0. The molecule has 0 saturated carbocycles. The molecule has 0 aliphatic rings. The minimum Gasteiger partial charge on any atom is -0.460 e. The summed E-state index contributed by atoms with van der Waals surface area (Å²) in [6.07, 6.45) is 2.72. The number of aromatic nitrogens is 1. The summed E-state index contributed by atoms with van der Waals surface area (Å²) in [6, 6.07) is 12.1. The van der Waals surface area contributed by atoms with Gasteiger partial charge in [0.2, 0.25) is 10.0 Å². The molecule has 0 amide bonds. The molecule has 6 nitrogen and oxygen atoms in total. The summed E-state index contributed by atoms with van der Waals surface area (Å²) >= 11 is 0. The summed E-state index contributed by atoms with van der Waals surface area (Å²) in [5.74, 6) is -0.612. The summed E-state index contributed by atoms with van der Waals surface area (Å²) < 4.78 is 30.5. The lowest BCUT2D eigenvalue weighted by Gasteiger charge is -2.16.